The molecule has 0 amide bonds. The number of rotatable bonds is 1. The molecule has 3 heterocycles. The number of hydrogen-bond acceptors (Lipinski definition) is 7. The van der Waals surface area contributed by atoms with Crippen LogP contribution in [0, 0.1) is 23.2 Å². The standard InChI is InChI=1S/C15H18O7/c1-4(2)5-6-11(16)20-7(5)8-13(3)14(6,18)9-10(21-9)15(13,19)12(17)22-8/h4-10,18-19H,1-3H3. The number of aliphatic hydroxyl groups is 2. The highest BCUT2D eigenvalue weighted by Crippen LogP contribution is 2.74. The van der Waals surface area contributed by atoms with Crippen LogP contribution in [0.15, 0.2) is 0 Å². The minimum Gasteiger partial charge on any atom is -0.458 e. The van der Waals surface area contributed by atoms with E-state index in [0.29, 0.717) is 0 Å². The van der Waals surface area contributed by atoms with Crippen LogP contribution < -0.4 is 0 Å². The van der Waals surface area contributed by atoms with Gasteiger partial charge in [0, 0.05) is 5.92 Å². The molecule has 0 spiro atoms. The van der Waals surface area contributed by atoms with Gasteiger partial charge in [0.25, 0.3) is 0 Å². The van der Waals surface area contributed by atoms with Crippen molar-refractivity contribution in [1.29, 1.82) is 0 Å². The second-order valence-corrected chi connectivity index (χ2v) is 7.80. The van der Waals surface area contributed by atoms with E-state index in [0.717, 1.165) is 0 Å². The Morgan fingerprint density at radius 1 is 1.09 bits per heavy atom. The largest absolute Gasteiger partial charge is 0.458 e. The molecule has 22 heavy (non-hydrogen) atoms. The first-order valence-electron chi connectivity index (χ1n) is 7.72. The normalized spacial score (nSPS) is 63.5. The van der Waals surface area contributed by atoms with Gasteiger partial charge in [-0.1, -0.05) is 13.8 Å². The number of carbonyl (C=O) groups excluding carboxylic acids is 2. The van der Waals surface area contributed by atoms with Crippen molar-refractivity contribution in [2.75, 3.05) is 0 Å². The van der Waals surface area contributed by atoms with Gasteiger partial charge in [0.2, 0.25) is 5.60 Å². The van der Waals surface area contributed by atoms with Crippen LogP contribution in [0.1, 0.15) is 20.8 Å². The second kappa shape index (κ2) is 3.20. The van der Waals surface area contributed by atoms with Gasteiger partial charge in [-0.25, -0.2) is 4.79 Å². The van der Waals surface area contributed by atoms with Gasteiger partial charge in [-0.3, -0.25) is 4.79 Å². The van der Waals surface area contributed by atoms with Gasteiger partial charge >= 0.3 is 11.9 Å². The Hall–Kier alpha value is -1.18. The zero-order valence-corrected chi connectivity index (χ0v) is 12.5. The first-order chi connectivity index (χ1) is 10.2. The molecule has 9 unspecified atom stereocenters. The van der Waals surface area contributed by atoms with Crippen molar-refractivity contribution in [3.05, 3.63) is 0 Å². The Kier molecular flexibility index (Phi) is 1.93. The average Bonchev–Trinajstić information content (AvgIpc) is 3.10. The fourth-order valence-electron chi connectivity index (χ4n) is 5.79. The molecule has 7 nitrogen and oxygen atoms in total. The summed E-state index contributed by atoms with van der Waals surface area (Å²) >= 11 is 0. The number of esters is 2. The van der Waals surface area contributed by atoms with Crippen LogP contribution in [0.3, 0.4) is 0 Å². The zero-order valence-electron chi connectivity index (χ0n) is 12.5. The second-order valence-electron chi connectivity index (χ2n) is 7.80. The number of epoxide rings is 1. The molecule has 5 rings (SSSR count). The fourth-order valence-corrected chi connectivity index (χ4v) is 5.79. The third-order valence-electron chi connectivity index (χ3n) is 6.89. The summed E-state index contributed by atoms with van der Waals surface area (Å²) in [6.07, 6.45) is -3.00. The van der Waals surface area contributed by atoms with Crippen molar-refractivity contribution in [3.8, 4) is 0 Å². The zero-order chi connectivity index (χ0) is 15.8. The third kappa shape index (κ3) is 0.915. The van der Waals surface area contributed by atoms with Gasteiger partial charge in [-0.15, -0.1) is 0 Å². The lowest BCUT2D eigenvalue weighted by atomic mass is 9.52. The quantitative estimate of drug-likeness (QED) is 0.472. The van der Waals surface area contributed by atoms with Crippen LogP contribution in [0.2, 0.25) is 0 Å². The minimum absolute atomic E-state index is 0.0558. The van der Waals surface area contributed by atoms with Crippen molar-refractivity contribution in [3.63, 3.8) is 0 Å². The summed E-state index contributed by atoms with van der Waals surface area (Å²) < 4.78 is 16.3. The number of carbonyl (C=O) groups is 2. The molecule has 2 saturated carbocycles. The summed E-state index contributed by atoms with van der Waals surface area (Å²) in [7, 11) is 0. The molecule has 5 fully saturated rings. The highest BCUT2D eigenvalue weighted by Gasteiger charge is 2.96. The van der Waals surface area contributed by atoms with E-state index in [2.05, 4.69) is 0 Å². The molecule has 120 valence electrons. The topological polar surface area (TPSA) is 106 Å². The molecule has 3 aliphatic heterocycles. The summed E-state index contributed by atoms with van der Waals surface area (Å²) in [6.45, 7) is 5.51. The van der Waals surface area contributed by atoms with Gasteiger partial charge in [0.05, 0.1) is 11.3 Å². The monoisotopic (exact) mass is 310 g/mol. The van der Waals surface area contributed by atoms with Gasteiger partial charge in [-0.2, -0.15) is 0 Å². The lowest BCUT2D eigenvalue weighted by Crippen LogP contribution is -2.70. The summed E-state index contributed by atoms with van der Waals surface area (Å²) in [5.41, 5.74) is -4.86. The minimum atomic E-state index is -1.91. The smallest absolute Gasteiger partial charge is 0.342 e. The van der Waals surface area contributed by atoms with E-state index in [4.69, 9.17) is 14.2 Å². The molecule has 3 saturated heterocycles. The molecule has 2 bridgehead atoms. The van der Waals surface area contributed by atoms with Gasteiger partial charge < -0.3 is 24.4 Å². The predicted molar refractivity (Wildman–Crippen MR) is 68.2 cm³/mol. The first-order valence-corrected chi connectivity index (χ1v) is 7.72. The number of hydrogen-bond donors (Lipinski definition) is 2. The van der Waals surface area contributed by atoms with E-state index >= 15 is 0 Å². The summed E-state index contributed by atoms with van der Waals surface area (Å²) in [4.78, 5) is 24.8. The molecule has 0 aromatic carbocycles. The van der Waals surface area contributed by atoms with Crippen molar-refractivity contribution in [2.24, 2.45) is 23.2 Å². The Morgan fingerprint density at radius 3 is 2.41 bits per heavy atom. The first kappa shape index (κ1) is 13.3. The Bertz CT molecular complexity index is 631. The van der Waals surface area contributed by atoms with Crippen molar-refractivity contribution in [1.82, 2.24) is 0 Å². The highest BCUT2D eigenvalue weighted by molar-refractivity contribution is 5.90. The molecule has 0 radical (unpaired) electrons. The van der Waals surface area contributed by atoms with Crippen LogP contribution in [-0.2, 0) is 23.8 Å². The highest BCUT2D eigenvalue weighted by atomic mass is 16.7. The predicted octanol–water partition coefficient (Wildman–Crippen LogP) is -1.01. The summed E-state index contributed by atoms with van der Waals surface area (Å²) in [5.74, 6) is -2.29. The maximum Gasteiger partial charge on any atom is 0.342 e. The molecule has 9 atom stereocenters. The molecular weight excluding hydrogens is 292 g/mol. The van der Waals surface area contributed by atoms with Crippen LogP contribution in [0.4, 0.5) is 0 Å². The molecule has 7 heteroatoms. The lowest BCUT2D eigenvalue weighted by Gasteiger charge is -2.52. The van der Waals surface area contributed by atoms with Gasteiger partial charge in [0.15, 0.2) is 6.10 Å². The molecule has 0 aromatic rings. The van der Waals surface area contributed by atoms with Crippen molar-refractivity contribution >= 4 is 11.9 Å². The molecule has 5 aliphatic rings. The maximum atomic E-state index is 12.4. The van der Waals surface area contributed by atoms with E-state index in [1.165, 1.54) is 0 Å². The lowest BCUT2D eigenvalue weighted by molar-refractivity contribution is -0.235. The number of fused-ring (bicyclic) bond motifs is 7. The van der Waals surface area contributed by atoms with E-state index in [-0.39, 0.29) is 11.8 Å². The van der Waals surface area contributed by atoms with Gasteiger partial charge in [0.1, 0.15) is 23.9 Å². The Balaban J connectivity index is 1.80. The molecule has 0 aromatic heterocycles. The van der Waals surface area contributed by atoms with Crippen molar-refractivity contribution in [2.45, 2.75) is 56.4 Å². The average molecular weight is 310 g/mol. The van der Waals surface area contributed by atoms with Crippen LogP contribution in [0.25, 0.3) is 0 Å². The number of ether oxygens (including phenoxy) is 3. The van der Waals surface area contributed by atoms with Gasteiger partial charge in [-0.05, 0) is 12.8 Å². The van der Waals surface area contributed by atoms with E-state index in [9.17, 15) is 19.8 Å². The van der Waals surface area contributed by atoms with Crippen LogP contribution in [-0.4, -0.2) is 57.8 Å². The van der Waals surface area contributed by atoms with E-state index < -0.39 is 58.9 Å². The van der Waals surface area contributed by atoms with Crippen molar-refractivity contribution < 1.29 is 34.0 Å². The summed E-state index contributed by atoms with van der Waals surface area (Å²) in [5, 5.41) is 22.5. The van der Waals surface area contributed by atoms with Crippen LogP contribution in [0.5, 0.6) is 0 Å². The fraction of sp³-hybridized carbons (Fsp3) is 0.867. The molecule has 2 aliphatic carbocycles. The Labute approximate surface area is 126 Å². The summed E-state index contributed by atoms with van der Waals surface area (Å²) in [6, 6.07) is 0. The SMILES string of the molecule is CC(C)C1C2OC(=O)C1C1(O)C3OC3C3(O)C(=O)OC2C31C. The van der Waals surface area contributed by atoms with Crippen LogP contribution >= 0.6 is 0 Å². The van der Waals surface area contributed by atoms with E-state index in [1.54, 1.807) is 6.92 Å². The molecular formula is C15H18O7. The van der Waals surface area contributed by atoms with E-state index in [1.807, 2.05) is 13.8 Å². The molecule has 2 N–H and O–H groups in total. The third-order valence-corrected chi connectivity index (χ3v) is 6.89. The Morgan fingerprint density at radius 2 is 1.77 bits per heavy atom. The maximum absolute atomic E-state index is 12.4.